The van der Waals surface area contributed by atoms with Gasteiger partial charge in [-0.05, 0) is 119 Å². The molecule has 0 fully saturated rings. The van der Waals surface area contributed by atoms with E-state index in [-0.39, 0.29) is 17.1 Å². The van der Waals surface area contributed by atoms with Gasteiger partial charge in [-0.1, -0.05) is 48.5 Å². The fourth-order valence-corrected chi connectivity index (χ4v) is 10.2. The van der Waals surface area contributed by atoms with Gasteiger partial charge in [0.15, 0.2) is 0 Å². The molecule has 2 aliphatic heterocycles. The molecule has 0 aliphatic carbocycles. The van der Waals surface area contributed by atoms with Crippen molar-refractivity contribution in [2.45, 2.75) is 25.7 Å². The van der Waals surface area contributed by atoms with E-state index >= 15 is 0 Å². The average Bonchev–Trinajstić information content (AvgIpc) is 4.46. The van der Waals surface area contributed by atoms with Gasteiger partial charge in [-0.3, -0.25) is 0 Å². The van der Waals surface area contributed by atoms with Crippen molar-refractivity contribution in [3.8, 4) is 67.5 Å². The van der Waals surface area contributed by atoms with E-state index in [1.165, 1.54) is 0 Å². The molecular formula is C68H86CuN8O4+6. The van der Waals surface area contributed by atoms with Crippen LogP contribution in [0.5, 0.6) is 23.0 Å². The van der Waals surface area contributed by atoms with Crippen molar-refractivity contribution in [1.82, 2.24) is 19.9 Å². The van der Waals surface area contributed by atoms with Crippen molar-refractivity contribution < 1.29 is 53.9 Å². The van der Waals surface area contributed by atoms with Crippen LogP contribution in [0.1, 0.15) is 48.5 Å². The molecule has 13 heteroatoms. The molecule has 9 rings (SSSR count). The van der Waals surface area contributed by atoms with Crippen LogP contribution >= 0.6 is 0 Å². The third-order valence-corrected chi connectivity index (χ3v) is 14.3. The van der Waals surface area contributed by atoms with Gasteiger partial charge in [0.1, 0.15) is 23.0 Å². The third kappa shape index (κ3) is 16.6. The number of nitrogens with one attached hydrogen (secondary N) is 2. The molecule has 0 amide bonds. The van der Waals surface area contributed by atoms with E-state index in [1.54, 1.807) is 0 Å². The van der Waals surface area contributed by atoms with Crippen molar-refractivity contribution in [3.63, 3.8) is 0 Å². The van der Waals surface area contributed by atoms with E-state index in [2.05, 4.69) is 240 Å². The molecule has 0 saturated carbocycles. The van der Waals surface area contributed by atoms with Gasteiger partial charge >= 0.3 is 17.1 Å². The molecule has 0 unspecified atom stereocenters. The monoisotopic (exact) mass is 1140 g/mol. The standard InChI is InChI=1S/C68H86N8O4.Cu/c1-73(2,3)41-13-45-77-53-25-17-49(18-26-53)65-57-33-35-59(69-57)66(50-19-27-54(28-20-50)78-46-14-42-74(4,5)6)61-37-39-63(71-61)68(52-23-31-56(32-24-52)80-48-16-44-76(10,11)12)64-40-38-62(72-64)67(60-36-34-58(65)70-60)51-21-29-55(30-22-51)79-47-15-43-75(7,8)9;/h17-40,69-70H,13-16,41-48H2,1-12H3;/q+4;+2. The molecule has 7 aromatic rings. The normalized spacial score (nSPS) is 12.6. The summed E-state index contributed by atoms with van der Waals surface area (Å²) >= 11 is 0. The van der Waals surface area contributed by atoms with Gasteiger partial charge < -0.3 is 46.8 Å². The van der Waals surface area contributed by atoms with E-state index < -0.39 is 0 Å². The summed E-state index contributed by atoms with van der Waals surface area (Å²) in [5, 5.41) is 0. The topological polar surface area (TPSA) is 94.3 Å². The predicted molar refractivity (Wildman–Crippen MR) is 333 cm³/mol. The van der Waals surface area contributed by atoms with Gasteiger partial charge in [0, 0.05) is 70.0 Å². The second-order valence-corrected chi connectivity index (χ2v) is 25.5. The Bertz CT molecular complexity index is 3300. The SMILES string of the molecule is C[N+](C)(C)CCCOc1ccc(-c2c3nc(c(-c4ccc(OCCC[N+](C)(C)C)cc4)c4ccc([nH]4)c(-c4ccc(OCCC[N+](C)(C)C)cc4)c4ccc([nH]4)c(-c4ccc(OCCC[N+](C)(C)C)cc4)c4nc2C=C4)C=C3)cc1.[Cu+2]. The number of hydrogen-bond acceptors (Lipinski definition) is 6. The number of rotatable bonds is 24. The van der Waals surface area contributed by atoms with Gasteiger partial charge in [-0.2, -0.15) is 0 Å². The summed E-state index contributed by atoms with van der Waals surface area (Å²) in [6.45, 7) is 6.74. The van der Waals surface area contributed by atoms with Crippen LogP contribution in [0.3, 0.4) is 0 Å². The molecule has 12 nitrogen and oxygen atoms in total. The number of fused-ring (bicyclic) bond motifs is 8. The van der Waals surface area contributed by atoms with Crippen molar-refractivity contribution >= 4 is 46.4 Å². The van der Waals surface area contributed by atoms with Gasteiger partial charge in [-0.25, -0.2) is 9.97 Å². The number of hydrogen-bond donors (Lipinski definition) is 2. The zero-order valence-corrected chi connectivity index (χ0v) is 50.9. The molecule has 4 aromatic carbocycles. The Morgan fingerprint density at radius 1 is 0.296 bits per heavy atom. The summed E-state index contributed by atoms with van der Waals surface area (Å²) < 4.78 is 28.8. The van der Waals surface area contributed by atoms with Crippen molar-refractivity contribution in [1.29, 1.82) is 0 Å². The smallest absolute Gasteiger partial charge is 0.493 e. The number of aromatic nitrogens is 4. The molecule has 2 N–H and O–H groups in total. The predicted octanol–water partition coefficient (Wildman–Crippen LogP) is 13.2. The summed E-state index contributed by atoms with van der Waals surface area (Å²) in [7, 11) is 26.5. The quantitative estimate of drug-likeness (QED) is 0.0356. The molecule has 3 aromatic heterocycles. The minimum atomic E-state index is 0. The molecule has 81 heavy (non-hydrogen) atoms. The van der Waals surface area contributed by atoms with E-state index in [1.807, 2.05) is 0 Å². The minimum Gasteiger partial charge on any atom is -0.493 e. The van der Waals surface area contributed by atoms with Crippen LogP contribution < -0.4 is 18.9 Å². The molecule has 2 aliphatic rings. The number of ether oxygens (including phenoxy) is 4. The first kappa shape index (κ1) is 60.1. The van der Waals surface area contributed by atoms with Crippen molar-refractivity contribution in [2.75, 3.05) is 137 Å². The fourth-order valence-electron chi connectivity index (χ4n) is 10.2. The molecule has 8 bridgehead atoms. The molecule has 5 heterocycles. The van der Waals surface area contributed by atoms with Crippen molar-refractivity contribution in [2.24, 2.45) is 0 Å². The second kappa shape index (κ2) is 25.9. The van der Waals surface area contributed by atoms with Gasteiger partial charge in [-0.15, -0.1) is 0 Å². The maximum atomic E-state index is 6.30. The molecular weight excluding hydrogens is 1060 g/mol. The Balaban J connectivity index is 0.00000860. The van der Waals surface area contributed by atoms with Crippen molar-refractivity contribution in [3.05, 3.63) is 144 Å². The molecule has 0 spiro atoms. The molecule has 0 atom stereocenters. The maximum Gasteiger partial charge on any atom is 2.00 e. The first-order valence-corrected chi connectivity index (χ1v) is 28.4. The van der Waals surface area contributed by atoms with Gasteiger partial charge in [0.2, 0.25) is 0 Å². The third-order valence-electron chi connectivity index (χ3n) is 14.3. The fraction of sp³-hybridized carbons (Fsp3) is 0.353. The Morgan fingerprint density at radius 3 is 0.778 bits per heavy atom. The minimum absolute atomic E-state index is 0. The summed E-state index contributed by atoms with van der Waals surface area (Å²) in [6, 6.07) is 42.5. The number of nitrogens with zero attached hydrogens (tertiary/aromatic N) is 6. The average molecular weight is 1140 g/mol. The summed E-state index contributed by atoms with van der Waals surface area (Å²) in [5.41, 5.74) is 15.0. The summed E-state index contributed by atoms with van der Waals surface area (Å²) in [6.07, 6.45) is 12.4. The number of H-pyrrole nitrogens is 2. The number of aromatic amines is 2. The first-order valence-electron chi connectivity index (χ1n) is 28.4. The largest absolute Gasteiger partial charge is 2.00 e. The van der Waals surface area contributed by atoms with Crippen LogP contribution in [-0.2, 0) is 17.1 Å². The Morgan fingerprint density at radius 2 is 0.519 bits per heavy atom. The number of benzene rings is 4. The second-order valence-electron chi connectivity index (χ2n) is 25.5. The molecule has 1 radical (unpaired) electrons. The first-order chi connectivity index (χ1) is 38.1. The summed E-state index contributed by atoms with van der Waals surface area (Å²) in [4.78, 5) is 19.0. The summed E-state index contributed by atoms with van der Waals surface area (Å²) in [5.74, 6) is 3.36. The van der Waals surface area contributed by atoms with Crippen LogP contribution in [0.25, 0.3) is 90.9 Å². The van der Waals surface area contributed by atoms with Crippen LogP contribution in [-0.4, -0.2) is 175 Å². The van der Waals surface area contributed by atoms with Gasteiger partial charge in [0.05, 0.1) is 160 Å². The molecule has 427 valence electrons. The van der Waals surface area contributed by atoms with Crippen LogP contribution in [0.2, 0.25) is 0 Å². The zero-order valence-electron chi connectivity index (χ0n) is 50.0. The van der Waals surface area contributed by atoms with Crippen LogP contribution in [0, 0.1) is 0 Å². The number of quaternary nitrogens is 4. The Kier molecular flexibility index (Phi) is 19.2. The van der Waals surface area contributed by atoms with Crippen LogP contribution in [0.4, 0.5) is 0 Å². The van der Waals surface area contributed by atoms with E-state index in [4.69, 9.17) is 28.9 Å². The van der Waals surface area contributed by atoms with E-state index in [0.29, 0.717) is 26.4 Å². The Hall–Kier alpha value is -6.96. The maximum absolute atomic E-state index is 6.30. The van der Waals surface area contributed by atoms with Crippen LogP contribution in [0.15, 0.2) is 121 Å². The van der Waals surface area contributed by atoms with Gasteiger partial charge in [0.25, 0.3) is 0 Å². The molecule has 0 saturated heterocycles. The Labute approximate surface area is 492 Å². The van der Waals surface area contributed by atoms with E-state index in [0.717, 1.165) is 182 Å². The zero-order chi connectivity index (χ0) is 56.7. The van der Waals surface area contributed by atoms with E-state index in [9.17, 15) is 0 Å².